The normalized spacial score (nSPS) is 13.8. The Morgan fingerprint density at radius 2 is 0.528 bits per heavy atom. The first kappa shape index (κ1) is 105. The van der Waals surface area contributed by atoms with E-state index in [1.54, 1.807) is 0 Å². The number of phosphoric acid groups is 2. The van der Waals surface area contributed by atoms with Crippen molar-refractivity contribution in [1.82, 2.24) is 21.3 Å². The molecule has 4 N–H and O–H groups in total. The van der Waals surface area contributed by atoms with Crippen molar-refractivity contribution in [2.45, 2.75) is 451 Å². The second-order valence-corrected chi connectivity index (χ2v) is 33.7. The highest BCUT2D eigenvalue weighted by molar-refractivity contribution is 7.48. The molecule has 0 aromatic carbocycles. The van der Waals surface area contributed by atoms with Crippen LogP contribution in [0.25, 0.3) is 0 Å². The summed E-state index contributed by atoms with van der Waals surface area (Å²) < 4.78 is 75.7. The topological polar surface area (TPSA) is 241 Å². The number of ether oxygens (including phenoxy) is 2. The number of unbranched alkanes of at least 4 members (excludes halogenated alkanes) is 46. The highest BCUT2D eigenvalue weighted by atomic mass is 31.2. The Morgan fingerprint density at radius 3 is 0.787 bits per heavy atom. The quantitative estimate of drug-likeness (QED) is 0.0192. The number of amides is 4. The number of hydrogen-bond donors (Lipinski definition) is 4. The van der Waals surface area contributed by atoms with Gasteiger partial charge in [0.2, 0.25) is 11.8 Å². The van der Waals surface area contributed by atoms with E-state index in [-0.39, 0.29) is 89.3 Å². The predicted octanol–water partition coefficient (Wildman–Crippen LogP) is 25.3. The molecule has 0 fully saturated rings. The van der Waals surface area contributed by atoms with Gasteiger partial charge in [-0.1, -0.05) is 349 Å². The molecule has 0 aromatic rings. The summed E-state index contributed by atoms with van der Waals surface area (Å²) in [6.07, 6.45) is 62.6. The number of nitrogens with one attached hydrogen (secondary N) is 4. The van der Waals surface area contributed by atoms with E-state index in [1.165, 1.54) is 192 Å². The van der Waals surface area contributed by atoms with Crippen LogP contribution in [-0.4, -0.2) is 107 Å². The summed E-state index contributed by atoms with van der Waals surface area (Å²) in [4.78, 5) is 68.1. The van der Waals surface area contributed by atoms with E-state index < -0.39 is 46.0 Å². The van der Waals surface area contributed by atoms with Gasteiger partial charge in [0.1, 0.15) is 12.2 Å². The molecule has 0 aliphatic rings. The molecule has 0 aliphatic carbocycles. The first-order valence-corrected chi connectivity index (χ1v) is 47.9. The molecular weight excluding hydrogens is 1400 g/mol. The molecule has 6 unspecified atom stereocenters. The lowest BCUT2D eigenvalue weighted by Crippen LogP contribution is -2.46. The average Bonchev–Trinajstić information content (AvgIpc) is 0.880. The summed E-state index contributed by atoms with van der Waals surface area (Å²) in [5, 5.41) is 11.8. The van der Waals surface area contributed by atoms with Gasteiger partial charge in [0, 0.05) is 38.8 Å². The molecule has 0 aliphatic heterocycles. The third kappa shape index (κ3) is 68.4. The van der Waals surface area contributed by atoms with E-state index in [2.05, 4.69) is 76.0 Å². The van der Waals surface area contributed by atoms with Gasteiger partial charge >= 0.3 is 33.6 Å². The summed E-state index contributed by atoms with van der Waals surface area (Å²) in [5.41, 5.74) is 0. The van der Waals surface area contributed by atoms with Crippen LogP contribution in [0.1, 0.15) is 427 Å². The fraction of sp³-hybridized carbons (Fsp3) is 0.897. The van der Waals surface area contributed by atoms with E-state index in [0.29, 0.717) is 38.5 Å². The van der Waals surface area contributed by atoms with Gasteiger partial charge in [-0.3, -0.25) is 46.3 Å². The minimum Gasteiger partial charge on any atom is -0.460 e. The number of carbonyl (C=O) groups excluding carboxylic acids is 5. The van der Waals surface area contributed by atoms with Crippen LogP contribution in [-0.2, 0) is 64.9 Å². The highest BCUT2D eigenvalue weighted by Gasteiger charge is 2.33. The second kappa shape index (κ2) is 79.1. The Hall–Kier alpha value is -3.15. The number of urea groups is 1. The van der Waals surface area contributed by atoms with Gasteiger partial charge in [-0.05, 0) is 64.2 Å². The first-order chi connectivity index (χ1) is 52.7. The smallest absolute Gasteiger partial charge is 0.460 e. The molecule has 19 nitrogen and oxygen atoms in total. The number of esters is 2. The van der Waals surface area contributed by atoms with Crippen molar-refractivity contribution >= 4 is 45.4 Å². The van der Waals surface area contributed by atoms with Gasteiger partial charge in [0.05, 0.1) is 51.7 Å². The van der Waals surface area contributed by atoms with Crippen LogP contribution in [0.2, 0.25) is 0 Å². The maximum atomic E-state index is 14.2. The van der Waals surface area contributed by atoms with E-state index in [1.807, 2.05) is 0 Å². The van der Waals surface area contributed by atoms with Gasteiger partial charge in [-0.15, -0.1) is 13.2 Å². The van der Waals surface area contributed by atoms with Crippen molar-refractivity contribution in [2.75, 3.05) is 52.7 Å². The Bertz CT molecular complexity index is 2050. The third-order valence-corrected chi connectivity index (χ3v) is 23.1. The molecule has 0 rings (SSSR count). The minimum atomic E-state index is -4.27. The van der Waals surface area contributed by atoms with E-state index >= 15 is 0 Å². The van der Waals surface area contributed by atoms with E-state index in [9.17, 15) is 33.1 Å². The van der Waals surface area contributed by atoms with Gasteiger partial charge in [-0.2, -0.15) is 0 Å². The minimum absolute atomic E-state index is 0.111. The molecule has 0 aromatic heterocycles. The molecule has 0 saturated heterocycles. The highest BCUT2D eigenvalue weighted by Crippen LogP contribution is 2.50. The third-order valence-electron chi connectivity index (χ3n) is 20.2. The van der Waals surface area contributed by atoms with E-state index in [0.717, 1.165) is 154 Å². The molecule has 0 spiro atoms. The summed E-state index contributed by atoms with van der Waals surface area (Å²) >= 11 is 0. The van der Waals surface area contributed by atoms with Gasteiger partial charge < -0.3 is 30.7 Å². The fourth-order valence-electron chi connectivity index (χ4n) is 13.5. The molecule has 0 saturated carbocycles. The van der Waals surface area contributed by atoms with Crippen LogP contribution in [0.5, 0.6) is 0 Å². The lowest BCUT2D eigenvalue weighted by molar-refractivity contribution is -0.153. The second-order valence-electron chi connectivity index (χ2n) is 30.4. The zero-order chi connectivity index (χ0) is 79.2. The Labute approximate surface area is 662 Å². The van der Waals surface area contributed by atoms with Crippen molar-refractivity contribution in [3.63, 3.8) is 0 Å². The van der Waals surface area contributed by atoms with Crippen molar-refractivity contribution < 1.29 is 69.7 Å². The molecule has 636 valence electrons. The Morgan fingerprint density at radius 1 is 0.296 bits per heavy atom. The van der Waals surface area contributed by atoms with Crippen molar-refractivity contribution in [2.24, 2.45) is 0 Å². The molecule has 108 heavy (non-hydrogen) atoms. The van der Waals surface area contributed by atoms with E-state index in [4.69, 9.17) is 36.6 Å². The Kier molecular flexibility index (Phi) is 76.8. The lowest BCUT2D eigenvalue weighted by Gasteiger charge is -2.29. The predicted molar refractivity (Wildman–Crippen MR) is 447 cm³/mol. The maximum absolute atomic E-state index is 14.2. The molecule has 6 atom stereocenters. The zero-order valence-electron chi connectivity index (χ0n) is 70.5. The maximum Gasteiger partial charge on any atom is 0.475 e. The van der Waals surface area contributed by atoms with Crippen molar-refractivity contribution in [1.29, 1.82) is 0 Å². The van der Waals surface area contributed by atoms with Crippen LogP contribution >= 0.6 is 15.6 Å². The molecule has 0 bridgehead atoms. The zero-order valence-corrected chi connectivity index (χ0v) is 72.3. The molecule has 0 heterocycles. The van der Waals surface area contributed by atoms with Crippen LogP contribution in [0, 0.1) is 0 Å². The van der Waals surface area contributed by atoms with Crippen LogP contribution in [0.15, 0.2) is 25.3 Å². The average molecular weight is 1570 g/mol. The van der Waals surface area contributed by atoms with Crippen LogP contribution in [0.3, 0.4) is 0 Å². The number of phosphoric ester groups is 2. The largest absolute Gasteiger partial charge is 0.475 e. The molecular formula is C87H168N4O15P2. The summed E-state index contributed by atoms with van der Waals surface area (Å²) in [6.45, 7) is 19.4. The van der Waals surface area contributed by atoms with Gasteiger partial charge in [0.25, 0.3) is 0 Å². The Balaban J connectivity index is 6.22. The lowest BCUT2D eigenvalue weighted by atomic mass is 9.99. The SMILES string of the molecule is C=CCOP(=O)(OCCNC(=O)NCCOP(=O)(OCC=C)OCCC(NC(=O)CCCCCCCCCCCC)C(CCCCCCCCCC)OC(=O)CCCCCCCCCC)OCCC(NC(=O)CCCCCCCCCCCC)C(CCCCCCCCCC)OC(=O)CCCCCCCCCC. The van der Waals surface area contributed by atoms with Crippen molar-refractivity contribution in [3.05, 3.63) is 25.3 Å². The number of hydrogen-bond acceptors (Lipinski definition) is 15. The van der Waals surface area contributed by atoms with Crippen LogP contribution in [0.4, 0.5) is 4.79 Å². The van der Waals surface area contributed by atoms with Gasteiger partial charge in [0.15, 0.2) is 0 Å². The standard InChI is InChI=1S/C87H168N4O15P2/c1-9-17-23-29-35-41-43-47-53-59-65-83(92)90-79(81(63-57-51-45-37-31-25-19-11-3)105-85(94)67-61-55-49-39-33-27-21-13-5)69-75-101-107(97,99-73-15-7)103-77-71-88-87(96)89-72-78-104-108(98,100-74-16-8)102-76-70-80(91-84(93)66-60-54-48-44-42-36-30-24-18-10-2)82(64-58-52-46-38-32-26-20-12-4)106-86(95)68-62-56-50-40-34-28-22-14-6/h15-16,79-82H,7-14,17-78H2,1-6H3,(H,90,92)(H,91,93)(H2,88,89,96). The van der Waals surface area contributed by atoms with Crippen molar-refractivity contribution in [3.8, 4) is 0 Å². The fourth-order valence-corrected chi connectivity index (χ4v) is 15.8. The number of rotatable bonds is 86. The summed E-state index contributed by atoms with van der Waals surface area (Å²) in [6, 6.07) is -1.88. The first-order valence-electron chi connectivity index (χ1n) is 45.0. The molecule has 0 radical (unpaired) electrons. The molecule has 21 heteroatoms. The number of carbonyl (C=O) groups is 5. The van der Waals surface area contributed by atoms with Gasteiger partial charge in [-0.25, -0.2) is 13.9 Å². The summed E-state index contributed by atoms with van der Waals surface area (Å²) in [5.74, 6) is -0.830. The monoisotopic (exact) mass is 1570 g/mol. The van der Waals surface area contributed by atoms with Crippen LogP contribution < -0.4 is 21.3 Å². The molecule has 4 amide bonds. The summed E-state index contributed by atoms with van der Waals surface area (Å²) in [7, 11) is -8.55.